The average molecular weight is 1290 g/mol. The van der Waals surface area contributed by atoms with Gasteiger partial charge in [0.1, 0.15) is 13.2 Å². The lowest BCUT2D eigenvalue weighted by Crippen LogP contribution is -2.30. The van der Waals surface area contributed by atoms with Gasteiger partial charge in [-0.1, -0.05) is 328 Å². The van der Waals surface area contributed by atoms with Gasteiger partial charge in [-0.2, -0.15) is 0 Å². The molecule has 0 amide bonds. The summed E-state index contributed by atoms with van der Waals surface area (Å²) >= 11 is 0. The zero-order valence-corrected chi connectivity index (χ0v) is 61.0. The van der Waals surface area contributed by atoms with Crippen LogP contribution in [0.25, 0.3) is 0 Å². The van der Waals surface area contributed by atoms with Crippen molar-refractivity contribution in [2.75, 3.05) is 13.2 Å². The van der Waals surface area contributed by atoms with E-state index in [-0.39, 0.29) is 31.1 Å². The second-order valence-electron chi connectivity index (χ2n) is 26.4. The Bertz CT molecular complexity index is 1500. The van der Waals surface area contributed by atoms with Gasteiger partial charge in [-0.25, -0.2) is 0 Å². The molecule has 0 spiro atoms. The van der Waals surface area contributed by atoms with Crippen LogP contribution in [-0.2, 0) is 38.2 Å². The Balaban J connectivity index is -0.00000225. The molecule has 10 heteroatoms. The lowest BCUT2D eigenvalue weighted by atomic mass is 10.1. The van der Waals surface area contributed by atoms with Crippen LogP contribution in [0, 0.1) is 0 Å². The second-order valence-corrected chi connectivity index (χ2v) is 26.4. The molecule has 0 atom stereocenters. The van der Waals surface area contributed by atoms with Gasteiger partial charge in [0.25, 0.3) is 0 Å². The fourth-order valence-electron chi connectivity index (χ4n) is 11.1. The van der Waals surface area contributed by atoms with Crippen LogP contribution in [0.4, 0.5) is 0 Å². The molecular weight excluding hydrogens is 1130 g/mol. The van der Waals surface area contributed by atoms with Gasteiger partial charge >= 0.3 is 29.8 Å². The monoisotopic (exact) mass is 1290 g/mol. The lowest BCUT2D eigenvalue weighted by Gasteiger charge is -2.18. The number of ether oxygens (including phenoxy) is 3. The first kappa shape index (κ1) is 91.8. The van der Waals surface area contributed by atoms with Gasteiger partial charge in [0.15, 0.2) is 6.10 Å². The molecule has 0 radical (unpaired) electrons. The van der Waals surface area contributed by atoms with Gasteiger partial charge in [0.05, 0.1) is 0 Å². The van der Waals surface area contributed by atoms with Crippen molar-refractivity contribution >= 4 is 29.8 Å². The average Bonchev–Trinajstić information content (AvgIpc) is 3.74. The van der Waals surface area contributed by atoms with Gasteiger partial charge in [-0.05, 0) is 109 Å². The quantitative estimate of drug-likeness (QED) is 0.0260. The van der Waals surface area contributed by atoms with Crippen LogP contribution in [0.2, 0.25) is 0 Å². The van der Waals surface area contributed by atoms with Crippen molar-refractivity contribution in [2.45, 2.75) is 439 Å². The van der Waals surface area contributed by atoms with E-state index in [1.807, 2.05) is 0 Å². The number of carbonyl (C=O) groups is 5. The first-order chi connectivity index (χ1) is 44.6. The Labute approximate surface area is 564 Å². The Morgan fingerprint density at radius 2 is 0.418 bits per heavy atom. The number of rotatable bonds is 70. The van der Waals surface area contributed by atoms with Gasteiger partial charge in [-0.3, -0.25) is 24.0 Å². The molecule has 0 aliphatic carbocycles. The van der Waals surface area contributed by atoms with Crippen LogP contribution < -0.4 is 0 Å². The lowest BCUT2D eigenvalue weighted by molar-refractivity contribution is -0.167. The first-order valence-electron chi connectivity index (χ1n) is 39.5. The molecule has 0 aromatic rings. The highest BCUT2D eigenvalue weighted by Gasteiger charge is 2.20. The molecular formula is C81H152O10. The predicted molar refractivity (Wildman–Crippen MR) is 389 cm³/mol. The molecule has 0 bridgehead atoms. The fraction of sp³-hybridized carbons (Fsp3) is 0.864. The van der Waals surface area contributed by atoms with Crippen LogP contribution >= 0.6 is 0 Å². The van der Waals surface area contributed by atoms with E-state index in [2.05, 4.69) is 71.1 Å². The summed E-state index contributed by atoms with van der Waals surface area (Å²) in [7, 11) is 0. The van der Waals surface area contributed by atoms with E-state index in [9.17, 15) is 24.0 Å². The Hall–Kier alpha value is -3.43. The summed E-state index contributed by atoms with van der Waals surface area (Å²) in [5, 5.41) is 16.8. The molecule has 0 aliphatic rings. The van der Waals surface area contributed by atoms with Crippen molar-refractivity contribution in [2.24, 2.45) is 0 Å². The van der Waals surface area contributed by atoms with E-state index >= 15 is 0 Å². The summed E-state index contributed by atoms with van der Waals surface area (Å²) in [6, 6.07) is 0. The smallest absolute Gasteiger partial charge is 0.306 e. The predicted octanol–water partition coefficient (Wildman–Crippen LogP) is 26.1. The molecule has 91 heavy (non-hydrogen) atoms. The number of carboxylic acids is 2. The normalized spacial score (nSPS) is 11.4. The molecule has 0 aliphatic heterocycles. The van der Waals surface area contributed by atoms with Crippen molar-refractivity contribution in [1.29, 1.82) is 0 Å². The molecule has 536 valence electrons. The number of aliphatic carboxylic acids is 2. The number of carboxylic acid groups (broad SMARTS) is 2. The number of allylic oxidation sites excluding steroid dienone is 6. The van der Waals surface area contributed by atoms with Crippen LogP contribution in [0.1, 0.15) is 433 Å². The van der Waals surface area contributed by atoms with Gasteiger partial charge in [-0.15, -0.1) is 0 Å². The Kier molecular flexibility index (Phi) is 83.4. The van der Waals surface area contributed by atoms with Crippen LogP contribution in [0.3, 0.4) is 0 Å². The maximum Gasteiger partial charge on any atom is 0.306 e. The summed E-state index contributed by atoms with van der Waals surface area (Å²) < 4.78 is 16.8. The highest BCUT2D eigenvalue weighted by molar-refractivity contribution is 5.71. The minimum Gasteiger partial charge on any atom is -0.481 e. The van der Waals surface area contributed by atoms with E-state index in [0.29, 0.717) is 32.1 Å². The summed E-state index contributed by atoms with van der Waals surface area (Å²) in [6.45, 7) is 11.1. The molecule has 0 aromatic carbocycles. The molecule has 0 aromatic heterocycles. The van der Waals surface area contributed by atoms with Gasteiger partial charge < -0.3 is 24.4 Å². The molecule has 0 unspecified atom stereocenters. The van der Waals surface area contributed by atoms with Crippen molar-refractivity contribution in [3.05, 3.63) is 36.5 Å². The van der Waals surface area contributed by atoms with E-state index in [1.165, 1.54) is 263 Å². The van der Waals surface area contributed by atoms with E-state index in [1.54, 1.807) is 0 Å². The summed E-state index contributed by atoms with van der Waals surface area (Å²) in [5.74, 6) is -2.21. The molecule has 0 rings (SSSR count). The largest absolute Gasteiger partial charge is 0.481 e. The highest BCUT2D eigenvalue weighted by atomic mass is 16.6. The Morgan fingerprint density at radius 1 is 0.242 bits per heavy atom. The fourth-order valence-corrected chi connectivity index (χ4v) is 11.1. The topological polar surface area (TPSA) is 154 Å². The third kappa shape index (κ3) is 88.7. The third-order valence-corrected chi connectivity index (χ3v) is 17.1. The summed E-state index contributed by atoms with van der Waals surface area (Å²) in [6.07, 6.45) is 84.2. The number of hydrogen-bond donors (Lipinski definition) is 2. The third-order valence-electron chi connectivity index (χ3n) is 17.1. The highest BCUT2D eigenvalue weighted by Crippen LogP contribution is 2.17. The second kappa shape index (κ2) is 82.7. The number of esters is 3. The molecule has 0 heterocycles. The molecule has 0 saturated heterocycles. The zero-order chi connectivity index (χ0) is 67.1. The number of carbonyl (C=O) groups excluding carboxylic acids is 3. The first-order valence-corrected chi connectivity index (χ1v) is 39.5. The van der Waals surface area contributed by atoms with Gasteiger partial charge in [0, 0.05) is 32.1 Å². The van der Waals surface area contributed by atoms with Crippen molar-refractivity contribution in [3.63, 3.8) is 0 Å². The van der Waals surface area contributed by atoms with Crippen molar-refractivity contribution in [3.8, 4) is 0 Å². The molecule has 0 saturated carbocycles. The molecule has 0 fully saturated rings. The van der Waals surface area contributed by atoms with Crippen molar-refractivity contribution < 1.29 is 48.4 Å². The minimum absolute atomic E-state index is 0.0806. The van der Waals surface area contributed by atoms with E-state index in [0.717, 1.165) is 103 Å². The standard InChI is InChI=1S/C57H104O6.2C12H24O2/c1-4-7-10-13-16-19-22-25-28-31-34-37-40-43-46-49-55(58)61-52-54(63-57(60)51-48-45-42-39-36-33-30-27-24-21-18-15-12-9-6-3)53-62-56(59)50-47-44-41-38-35-32-29-26-23-20-17-14-11-8-5-2;2*1-2-3-4-5-6-7-8-9-10-11-12(13)14/h25-30,54H,4-24,31-53H2,1-3H3;2*2-11H2,1H3,(H,13,14)/b28-25-,29-26-,30-27-;;. The maximum atomic E-state index is 12.8. The SMILES string of the molecule is CCCCCCCC/C=C\CCCCCCCC(=O)OCC(COC(=O)CCCCCCC/C=C\CCCCCCCC)OC(=O)CCCCCCC/C=C\CCCCCCCC.CCCCCCCCCCCC(=O)O.CCCCCCCCCCCC(=O)O. The van der Waals surface area contributed by atoms with Crippen LogP contribution in [0.15, 0.2) is 36.5 Å². The maximum absolute atomic E-state index is 12.8. The van der Waals surface area contributed by atoms with Crippen molar-refractivity contribution in [1.82, 2.24) is 0 Å². The molecule has 10 nitrogen and oxygen atoms in total. The summed E-state index contributed by atoms with van der Waals surface area (Å²) in [4.78, 5) is 58.5. The zero-order valence-electron chi connectivity index (χ0n) is 61.0. The summed E-state index contributed by atoms with van der Waals surface area (Å²) in [5.41, 5.74) is 0. The number of hydrogen-bond acceptors (Lipinski definition) is 8. The molecule has 2 N–H and O–H groups in total. The Morgan fingerprint density at radius 3 is 0.626 bits per heavy atom. The number of unbranched alkanes of at least 4 members (excludes halogenated alkanes) is 49. The van der Waals surface area contributed by atoms with E-state index < -0.39 is 18.0 Å². The van der Waals surface area contributed by atoms with Crippen LogP contribution in [-0.4, -0.2) is 59.4 Å². The van der Waals surface area contributed by atoms with Crippen LogP contribution in [0.5, 0.6) is 0 Å². The minimum atomic E-state index is -0.781. The van der Waals surface area contributed by atoms with Gasteiger partial charge in [0.2, 0.25) is 0 Å². The van der Waals surface area contributed by atoms with E-state index in [4.69, 9.17) is 24.4 Å².